The third kappa shape index (κ3) is 3.81. The summed E-state index contributed by atoms with van der Waals surface area (Å²) in [5, 5.41) is 2.92. The third-order valence-electron chi connectivity index (χ3n) is 3.52. The number of nitrogens with one attached hydrogen (secondary N) is 1. The predicted molar refractivity (Wildman–Crippen MR) is 86.4 cm³/mol. The predicted octanol–water partition coefficient (Wildman–Crippen LogP) is 0.990. The Labute approximate surface area is 135 Å². The van der Waals surface area contributed by atoms with E-state index in [1.807, 2.05) is 29.9 Å². The summed E-state index contributed by atoms with van der Waals surface area (Å²) in [6.07, 6.45) is 3.50. The number of hydrogen-bond donors (Lipinski definition) is 2. The van der Waals surface area contributed by atoms with Gasteiger partial charge in [-0.15, -0.1) is 0 Å². The highest BCUT2D eigenvalue weighted by molar-refractivity contribution is 5.81. The maximum Gasteiger partial charge on any atom is 0.237 e. The van der Waals surface area contributed by atoms with Crippen LogP contribution >= 0.6 is 0 Å². The number of aryl methyl sites for hydroxylation is 1. The van der Waals surface area contributed by atoms with E-state index in [1.54, 1.807) is 33.4 Å². The first-order valence-electron chi connectivity index (χ1n) is 7.22. The van der Waals surface area contributed by atoms with Gasteiger partial charge in [-0.2, -0.15) is 0 Å². The number of imidazole rings is 1. The van der Waals surface area contributed by atoms with Crippen LogP contribution in [0.4, 0.5) is 0 Å². The van der Waals surface area contributed by atoms with Gasteiger partial charge in [0.1, 0.15) is 23.4 Å². The minimum atomic E-state index is -0.620. The highest BCUT2D eigenvalue weighted by atomic mass is 16.5. The maximum absolute atomic E-state index is 12.1. The first-order chi connectivity index (χ1) is 11.0. The quantitative estimate of drug-likeness (QED) is 0.829. The standard InChI is InChI=1S/C16H22N4O3/c1-10(17)16(21)19-14(15-18-5-6-20(15)2)11-7-12(22-3)9-13(8-11)23-4/h5-10,14H,17H2,1-4H3,(H,19,21)/t10-,14?/m1/s1. The van der Waals surface area contributed by atoms with Crippen LogP contribution in [0.25, 0.3) is 0 Å². The fourth-order valence-corrected chi connectivity index (χ4v) is 2.22. The average molecular weight is 318 g/mol. The van der Waals surface area contributed by atoms with Crippen molar-refractivity contribution in [1.82, 2.24) is 14.9 Å². The number of benzene rings is 1. The number of nitrogens with two attached hydrogens (primary N) is 1. The summed E-state index contributed by atoms with van der Waals surface area (Å²) in [4.78, 5) is 16.4. The SMILES string of the molecule is COc1cc(OC)cc(C(NC(=O)[C@@H](C)N)c2nccn2C)c1. The summed E-state index contributed by atoms with van der Waals surface area (Å²) in [7, 11) is 5.02. The topological polar surface area (TPSA) is 91.4 Å². The van der Waals surface area contributed by atoms with Crippen molar-refractivity contribution in [2.75, 3.05) is 14.2 Å². The number of hydrogen-bond acceptors (Lipinski definition) is 5. The van der Waals surface area contributed by atoms with E-state index < -0.39 is 12.1 Å². The molecular formula is C16H22N4O3. The minimum Gasteiger partial charge on any atom is -0.497 e. The fourth-order valence-electron chi connectivity index (χ4n) is 2.22. The van der Waals surface area contributed by atoms with E-state index >= 15 is 0 Å². The van der Waals surface area contributed by atoms with Crippen molar-refractivity contribution < 1.29 is 14.3 Å². The minimum absolute atomic E-state index is 0.264. The Hall–Kier alpha value is -2.54. The largest absolute Gasteiger partial charge is 0.497 e. The summed E-state index contributed by atoms with van der Waals surface area (Å²) in [6, 6.07) is 4.36. The number of ether oxygens (including phenoxy) is 2. The molecule has 124 valence electrons. The molecule has 0 saturated carbocycles. The van der Waals surface area contributed by atoms with Gasteiger partial charge in [0, 0.05) is 25.5 Å². The lowest BCUT2D eigenvalue weighted by molar-refractivity contribution is -0.122. The number of carbonyl (C=O) groups excluding carboxylic acids is 1. The molecule has 2 aromatic rings. The zero-order valence-electron chi connectivity index (χ0n) is 13.7. The summed E-state index contributed by atoms with van der Waals surface area (Å²) in [5.41, 5.74) is 6.47. The molecule has 0 saturated heterocycles. The van der Waals surface area contributed by atoms with Crippen LogP contribution in [0, 0.1) is 0 Å². The molecule has 3 N–H and O–H groups in total. The van der Waals surface area contributed by atoms with Gasteiger partial charge in [-0.05, 0) is 24.6 Å². The van der Waals surface area contributed by atoms with Crippen molar-refractivity contribution in [2.24, 2.45) is 12.8 Å². The van der Waals surface area contributed by atoms with Crippen molar-refractivity contribution in [3.63, 3.8) is 0 Å². The second-order valence-electron chi connectivity index (χ2n) is 5.27. The molecule has 2 rings (SSSR count). The second kappa shape index (κ2) is 7.15. The van der Waals surface area contributed by atoms with E-state index in [2.05, 4.69) is 10.3 Å². The molecule has 1 amide bonds. The Morgan fingerprint density at radius 3 is 2.30 bits per heavy atom. The number of aromatic nitrogens is 2. The first-order valence-corrected chi connectivity index (χ1v) is 7.22. The lowest BCUT2D eigenvalue weighted by atomic mass is 10.0. The van der Waals surface area contributed by atoms with Crippen LogP contribution in [0.3, 0.4) is 0 Å². The molecule has 0 aliphatic carbocycles. The Kier molecular flexibility index (Phi) is 5.23. The van der Waals surface area contributed by atoms with Crippen LogP contribution in [0.15, 0.2) is 30.6 Å². The van der Waals surface area contributed by atoms with Gasteiger partial charge in [-0.25, -0.2) is 4.98 Å². The van der Waals surface area contributed by atoms with Crippen molar-refractivity contribution in [1.29, 1.82) is 0 Å². The van der Waals surface area contributed by atoms with Gasteiger partial charge in [-0.1, -0.05) is 0 Å². The van der Waals surface area contributed by atoms with E-state index in [-0.39, 0.29) is 5.91 Å². The van der Waals surface area contributed by atoms with Gasteiger partial charge in [0.15, 0.2) is 0 Å². The molecule has 7 heteroatoms. The number of nitrogens with zero attached hydrogens (tertiary/aromatic N) is 2. The molecule has 23 heavy (non-hydrogen) atoms. The molecule has 0 bridgehead atoms. The van der Waals surface area contributed by atoms with Gasteiger partial charge >= 0.3 is 0 Å². The molecule has 0 aliphatic rings. The summed E-state index contributed by atoms with van der Waals surface area (Å²) in [5.74, 6) is 1.69. The zero-order chi connectivity index (χ0) is 17.0. The van der Waals surface area contributed by atoms with Crippen molar-refractivity contribution in [3.8, 4) is 11.5 Å². The highest BCUT2D eigenvalue weighted by Gasteiger charge is 2.23. The molecule has 0 aliphatic heterocycles. The van der Waals surface area contributed by atoms with Crippen molar-refractivity contribution in [2.45, 2.75) is 19.0 Å². The molecule has 1 aromatic heterocycles. The Bertz CT molecular complexity index is 659. The van der Waals surface area contributed by atoms with Gasteiger partial charge in [-0.3, -0.25) is 4.79 Å². The van der Waals surface area contributed by atoms with Gasteiger partial charge < -0.3 is 25.1 Å². The molecule has 1 heterocycles. The maximum atomic E-state index is 12.1. The van der Waals surface area contributed by atoms with Gasteiger partial charge in [0.25, 0.3) is 0 Å². The summed E-state index contributed by atoms with van der Waals surface area (Å²) < 4.78 is 12.5. The Morgan fingerprint density at radius 2 is 1.87 bits per heavy atom. The van der Waals surface area contributed by atoms with Crippen molar-refractivity contribution >= 4 is 5.91 Å². The molecule has 0 fully saturated rings. The summed E-state index contributed by atoms with van der Waals surface area (Å²) >= 11 is 0. The van der Waals surface area contributed by atoms with Crippen LogP contribution in [-0.4, -0.2) is 35.7 Å². The van der Waals surface area contributed by atoms with Crippen LogP contribution in [0.1, 0.15) is 24.4 Å². The third-order valence-corrected chi connectivity index (χ3v) is 3.52. The van der Waals surface area contributed by atoms with E-state index in [0.717, 1.165) is 5.56 Å². The highest BCUT2D eigenvalue weighted by Crippen LogP contribution is 2.29. The smallest absolute Gasteiger partial charge is 0.237 e. The monoisotopic (exact) mass is 318 g/mol. The van der Waals surface area contributed by atoms with Gasteiger partial charge in [0.05, 0.1) is 20.3 Å². The van der Waals surface area contributed by atoms with Gasteiger partial charge in [0.2, 0.25) is 5.91 Å². The fraction of sp³-hybridized carbons (Fsp3) is 0.375. The molecular weight excluding hydrogens is 296 g/mol. The molecule has 1 aromatic carbocycles. The van der Waals surface area contributed by atoms with Crippen LogP contribution < -0.4 is 20.5 Å². The zero-order valence-corrected chi connectivity index (χ0v) is 13.7. The van der Waals surface area contributed by atoms with Crippen LogP contribution in [-0.2, 0) is 11.8 Å². The average Bonchev–Trinajstić information content (AvgIpc) is 2.97. The first kappa shape index (κ1) is 16.8. The lowest BCUT2D eigenvalue weighted by Gasteiger charge is -2.21. The number of carbonyl (C=O) groups is 1. The number of amides is 1. The second-order valence-corrected chi connectivity index (χ2v) is 5.27. The van der Waals surface area contributed by atoms with E-state index in [4.69, 9.17) is 15.2 Å². The number of rotatable bonds is 6. The van der Waals surface area contributed by atoms with E-state index in [0.29, 0.717) is 17.3 Å². The molecule has 7 nitrogen and oxygen atoms in total. The summed E-state index contributed by atoms with van der Waals surface area (Å²) in [6.45, 7) is 1.64. The molecule has 2 atom stereocenters. The normalized spacial score (nSPS) is 13.3. The molecule has 0 spiro atoms. The van der Waals surface area contributed by atoms with Crippen molar-refractivity contribution in [3.05, 3.63) is 42.0 Å². The Balaban J connectivity index is 2.49. The lowest BCUT2D eigenvalue weighted by Crippen LogP contribution is -2.41. The van der Waals surface area contributed by atoms with E-state index in [9.17, 15) is 4.79 Å². The van der Waals surface area contributed by atoms with Crippen LogP contribution in [0.2, 0.25) is 0 Å². The number of methoxy groups -OCH3 is 2. The molecule has 1 unspecified atom stereocenters. The van der Waals surface area contributed by atoms with E-state index in [1.165, 1.54) is 0 Å². The Morgan fingerprint density at radius 1 is 1.26 bits per heavy atom. The molecule has 0 radical (unpaired) electrons. The van der Waals surface area contributed by atoms with Crippen LogP contribution in [0.5, 0.6) is 11.5 Å².